The van der Waals surface area contributed by atoms with Crippen molar-refractivity contribution >= 4 is 11.9 Å². The molecule has 0 saturated carbocycles. The maximum absolute atomic E-state index is 11.9. The minimum absolute atomic E-state index is 0.163. The Bertz CT molecular complexity index is 493. The smallest absolute Gasteiger partial charge is 0.287 e. The number of guanidine groups is 1. The maximum atomic E-state index is 11.9. The van der Waals surface area contributed by atoms with Crippen LogP contribution >= 0.6 is 0 Å². The van der Waals surface area contributed by atoms with Crippen molar-refractivity contribution in [1.29, 1.82) is 0 Å². The van der Waals surface area contributed by atoms with Crippen molar-refractivity contribution in [3.8, 4) is 0 Å². The van der Waals surface area contributed by atoms with Crippen molar-refractivity contribution in [3.05, 3.63) is 23.7 Å². The van der Waals surface area contributed by atoms with E-state index in [4.69, 9.17) is 4.42 Å². The molecular formula is C17H30N4O2. The quantitative estimate of drug-likeness (QED) is 0.370. The first-order valence-electron chi connectivity index (χ1n) is 8.39. The molecule has 3 N–H and O–H groups in total. The van der Waals surface area contributed by atoms with Gasteiger partial charge in [0.2, 0.25) is 0 Å². The zero-order valence-corrected chi connectivity index (χ0v) is 14.7. The summed E-state index contributed by atoms with van der Waals surface area (Å²) in [5.74, 6) is 1.71. The van der Waals surface area contributed by atoms with Crippen LogP contribution in [-0.2, 0) is 0 Å². The summed E-state index contributed by atoms with van der Waals surface area (Å²) in [6.45, 7) is 8.54. The molecule has 0 spiro atoms. The fourth-order valence-electron chi connectivity index (χ4n) is 2.22. The molecule has 0 radical (unpaired) electrons. The van der Waals surface area contributed by atoms with Gasteiger partial charge < -0.3 is 20.4 Å². The number of hydrogen-bond donors (Lipinski definition) is 3. The van der Waals surface area contributed by atoms with E-state index in [1.54, 1.807) is 13.1 Å². The van der Waals surface area contributed by atoms with Gasteiger partial charge in [0.1, 0.15) is 0 Å². The molecule has 1 aromatic heterocycles. The highest BCUT2D eigenvalue weighted by atomic mass is 16.3. The average molecular weight is 322 g/mol. The van der Waals surface area contributed by atoms with Crippen molar-refractivity contribution in [3.63, 3.8) is 0 Å². The van der Waals surface area contributed by atoms with Gasteiger partial charge in [-0.15, -0.1) is 0 Å². The van der Waals surface area contributed by atoms with Gasteiger partial charge in [-0.25, -0.2) is 0 Å². The van der Waals surface area contributed by atoms with Gasteiger partial charge in [0.05, 0.1) is 6.26 Å². The van der Waals surface area contributed by atoms with E-state index in [-0.39, 0.29) is 5.91 Å². The van der Waals surface area contributed by atoms with Crippen LogP contribution in [-0.4, -0.2) is 38.5 Å². The fourth-order valence-corrected chi connectivity index (χ4v) is 2.22. The molecule has 1 rings (SSSR count). The number of hydrogen-bond acceptors (Lipinski definition) is 3. The van der Waals surface area contributed by atoms with E-state index >= 15 is 0 Å². The van der Waals surface area contributed by atoms with Gasteiger partial charge in [0.15, 0.2) is 11.7 Å². The van der Waals surface area contributed by atoms with E-state index in [2.05, 4.69) is 34.8 Å². The molecule has 6 nitrogen and oxygen atoms in total. The fraction of sp³-hybridized carbons (Fsp3) is 0.647. The van der Waals surface area contributed by atoms with Crippen LogP contribution < -0.4 is 16.0 Å². The summed E-state index contributed by atoms with van der Waals surface area (Å²) >= 11 is 0. The third-order valence-electron chi connectivity index (χ3n) is 3.94. The third-order valence-corrected chi connectivity index (χ3v) is 3.94. The number of nitrogens with zero attached hydrogens (tertiary/aromatic N) is 1. The monoisotopic (exact) mass is 322 g/mol. The van der Waals surface area contributed by atoms with Crippen molar-refractivity contribution < 1.29 is 9.21 Å². The van der Waals surface area contributed by atoms with Crippen LogP contribution in [0.4, 0.5) is 0 Å². The molecule has 0 aliphatic rings. The lowest BCUT2D eigenvalue weighted by Crippen LogP contribution is -2.40. The molecule has 0 aliphatic carbocycles. The molecule has 0 aliphatic heterocycles. The maximum Gasteiger partial charge on any atom is 0.287 e. The molecule has 0 atom stereocenters. The summed E-state index contributed by atoms with van der Waals surface area (Å²) in [6.07, 6.45) is 4.68. The Kier molecular flexibility index (Phi) is 8.87. The first kappa shape index (κ1) is 19.1. The summed E-state index contributed by atoms with van der Waals surface area (Å²) in [5, 5.41) is 9.45. The van der Waals surface area contributed by atoms with E-state index in [0.717, 1.165) is 31.0 Å². The lowest BCUT2D eigenvalue weighted by Gasteiger charge is -2.16. The number of aliphatic imine (C=N–C) groups is 1. The van der Waals surface area contributed by atoms with Gasteiger partial charge >= 0.3 is 0 Å². The first-order chi connectivity index (χ1) is 11.1. The Morgan fingerprint density at radius 2 is 1.91 bits per heavy atom. The number of carbonyl (C=O) groups is 1. The van der Waals surface area contributed by atoms with Crippen molar-refractivity contribution in [2.45, 2.75) is 40.0 Å². The highest BCUT2D eigenvalue weighted by Crippen LogP contribution is 2.07. The van der Waals surface area contributed by atoms with Crippen LogP contribution in [0, 0.1) is 12.8 Å². The molecule has 0 unspecified atom stereocenters. The number of nitrogens with one attached hydrogen (secondary N) is 3. The highest BCUT2D eigenvalue weighted by Gasteiger charge is 2.11. The molecule has 1 aromatic rings. The second kappa shape index (κ2) is 10.7. The molecule has 23 heavy (non-hydrogen) atoms. The summed E-state index contributed by atoms with van der Waals surface area (Å²) in [7, 11) is 1.77. The Labute approximate surface area is 139 Å². The normalized spacial score (nSPS) is 11.6. The minimum atomic E-state index is -0.163. The predicted octanol–water partition coefficient (Wildman–Crippen LogP) is 2.31. The van der Waals surface area contributed by atoms with E-state index < -0.39 is 0 Å². The standard InChI is InChI=1S/C17H30N4O2/c1-5-14(6-2)12-21-17(18-4)20-10-7-9-19-16(22)15-13(3)8-11-23-15/h8,11,14H,5-7,9-10,12H2,1-4H3,(H,19,22)(H2,18,20,21). The van der Waals surface area contributed by atoms with E-state index in [0.29, 0.717) is 18.2 Å². The number of aryl methyl sites for hydroxylation is 1. The SMILES string of the molecule is CCC(CC)CNC(=NC)NCCCNC(=O)c1occc1C. The number of rotatable bonds is 9. The molecule has 6 heteroatoms. The molecule has 1 heterocycles. The van der Waals surface area contributed by atoms with Crippen LogP contribution in [0.25, 0.3) is 0 Å². The Hall–Kier alpha value is -1.98. The molecule has 130 valence electrons. The Balaban J connectivity index is 2.18. The van der Waals surface area contributed by atoms with Crippen molar-refractivity contribution in [2.75, 3.05) is 26.7 Å². The van der Waals surface area contributed by atoms with Crippen LogP contribution in [0.1, 0.15) is 49.2 Å². The summed E-state index contributed by atoms with van der Waals surface area (Å²) in [4.78, 5) is 16.1. The zero-order valence-electron chi connectivity index (χ0n) is 14.7. The second-order valence-electron chi connectivity index (χ2n) is 5.60. The van der Waals surface area contributed by atoms with E-state index in [1.807, 2.05) is 6.92 Å². The number of furan rings is 1. The largest absolute Gasteiger partial charge is 0.459 e. The highest BCUT2D eigenvalue weighted by molar-refractivity contribution is 5.92. The van der Waals surface area contributed by atoms with Gasteiger partial charge in [-0.2, -0.15) is 0 Å². The van der Waals surface area contributed by atoms with E-state index in [1.165, 1.54) is 19.1 Å². The number of amides is 1. The molecule has 1 amide bonds. The third kappa shape index (κ3) is 6.76. The zero-order chi connectivity index (χ0) is 17.1. The predicted molar refractivity (Wildman–Crippen MR) is 93.8 cm³/mol. The lowest BCUT2D eigenvalue weighted by atomic mass is 10.0. The Morgan fingerprint density at radius 3 is 2.48 bits per heavy atom. The topological polar surface area (TPSA) is 78.7 Å². The van der Waals surface area contributed by atoms with Gasteiger partial charge in [0, 0.05) is 32.2 Å². The van der Waals surface area contributed by atoms with Gasteiger partial charge in [-0.05, 0) is 25.3 Å². The Morgan fingerprint density at radius 1 is 1.22 bits per heavy atom. The lowest BCUT2D eigenvalue weighted by molar-refractivity contribution is 0.0925. The van der Waals surface area contributed by atoms with Crippen molar-refractivity contribution in [1.82, 2.24) is 16.0 Å². The minimum Gasteiger partial charge on any atom is -0.459 e. The molecule has 0 aromatic carbocycles. The van der Waals surface area contributed by atoms with Crippen LogP contribution in [0.3, 0.4) is 0 Å². The summed E-state index contributed by atoms with van der Waals surface area (Å²) in [6, 6.07) is 1.78. The summed E-state index contributed by atoms with van der Waals surface area (Å²) in [5.41, 5.74) is 0.853. The van der Waals surface area contributed by atoms with Gasteiger partial charge in [-0.1, -0.05) is 26.7 Å². The second-order valence-corrected chi connectivity index (χ2v) is 5.60. The molecular weight excluding hydrogens is 292 g/mol. The first-order valence-corrected chi connectivity index (χ1v) is 8.39. The molecule has 0 fully saturated rings. The van der Waals surface area contributed by atoms with Gasteiger partial charge in [-0.3, -0.25) is 9.79 Å². The number of carbonyl (C=O) groups excluding carboxylic acids is 1. The van der Waals surface area contributed by atoms with Crippen LogP contribution in [0.5, 0.6) is 0 Å². The average Bonchev–Trinajstić information content (AvgIpc) is 2.99. The molecule has 0 bridgehead atoms. The van der Waals surface area contributed by atoms with Crippen LogP contribution in [0.15, 0.2) is 21.7 Å². The van der Waals surface area contributed by atoms with E-state index in [9.17, 15) is 4.79 Å². The van der Waals surface area contributed by atoms with Crippen LogP contribution in [0.2, 0.25) is 0 Å². The van der Waals surface area contributed by atoms with Crippen molar-refractivity contribution in [2.24, 2.45) is 10.9 Å². The van der Waals surface area contributed by atoms with Gasteiger partial charge in [0.25, 0.3) is 5.91 Å². The molecule has 0 saturated heterocycles. The summed E-state index contributed by atoms with van der Waals surface area (Å²) < 4.78 is 5.16.